The smallest absolute Gasteiger partial charge is 0.257 e. The number of hydrogen-bond acceptors (Lipinski definition) is 4. The van der Waals surface area contributed by atoms with E-state index in [0.29, 0.717) is 17.2 Å². The molecular weight excluding hydrogens is 513 g/mol. The van der Waals surface area contributed by atoms with Gasteiger partial charge in [0.15, 0.2) is 9.84 Å². The average molecular weight is 530 g/mol. The van der Waals surface area contributed by atoms with E-state index in [2.05, 4.69) is 5.10 Å². The highest BCUT2D eigenvalue weighted by Gasteiger charge is 2.63. The number of anilines is 1. The summed E-state index contributed by atoms with van der Waals surface area (Å²) in [6, 6.07) is 12.5. The fraction of sp³-hybridized carbons (Fsp3) is 0.208. The lowest BCUT2D eigenvalue weighted by molar-refractivity contribution is -0.249. The lowest BCUT2D eigenvalue weighted by Gasteiger charge is -2.25. The van der Waals surface area contributed by atoms with Crippen molar-refractivity contribution in [3.63, 3.8) is 0 Å². The molecule has 1 heterocycles. The van der Waals surface area contributed by atoms with Crippen LogP contribution in [0.4, 0.5) is 36.4 Å². The molecule has 0 aromatic heterocycles. The minimum Gasteiger partial charge on any atom is -0.257 e. The SMILES string of the molecule is CS(=O)(=O)c1cccc(-c2cccc(N3N=C(C(F)(F)C(F)(F)F)CC3c3ccc(F)cc3F)c2)c1. The Hall–Kier alpha value is -3.41. The second-order valence-corrected chi connectivity index (χ2v) is 10.2. The van der Waals surface area contributed by atoms with Crippen LogP contribution in [0.25, 0.3) is 11.1 Å². The molecule has 36 heavy (non-hydrogen) atoms. The van der Waals surface area contributed by atoms with Crippen LogP contribution in [0.15, 0.2) is 76.7 Å². The van der Waals surface area contributed by atoms with E-state index in [0.717, 1.165) is 23.4 Å². The summed E-state index contributed by atoms with van der Waals surface area (Å²) in [6.45, 7) is 0. The number of sulfone groups is 1. The van der Waals surface area contributed by atoms with Crippen LogP contribution in [0, 0.1) is 11.6 Å². The van der Waals surface area contributed by atoms with Gasteiger partial charge in [-0.15, -0.1) is 0 Å². The van der Waals surface area contributed by atoms with Gasteiger partial charge in [0.05, 0.1) is 16.6 Å². The summed E-state index contributed by atoms with van der Waals surface area (Å²) in [5, 5.41) is 4.36. The maximum Gasteiger partial charge on any atom is 0.459 e. The molecule has 1 aliphatic heterocycles. The highest BCUT2D eigenvalue weighted by molar-refractivity contribution is 7.90. The highest BCUT2D eigenvalue weighted by atomic mass is 32.2. The van der Waals surface area contributed by atoms with E-state index in [1.165, 1.54) is 36.4 Å². The van der Waals surface area contributed by atoms with Gasteiger partial charge in [-0.3, -0.25) is 5.01 Å². The van der Waals surface area contributed by atoms with Gasteiger partial charge in [0.2, 0.25) is 0 Å². The molecule has 0 amide bonds. The minimum absolute atomic E-state index is 0.0166. The fourth-order valence-electron chi connectivity index (χ4n) is 3.85. The zero-order chi connectivity index (χ0) is 26.5. The third kappa shape index (κ3) is 4.81. The molecule has 0 fully saturated rings. The van der Waals surface area contributed by atoms with Crippen LogP contribution in [-0.2, 0) is 9.84 Å². The van der Waals surface area contributed by atoms with Crippen molar-refractivity contribution in [2.75, 3.05) is 11.3 Å². The molecule has 1 atom stereocenters. The Bertz CT molecular complexity index is 1450. The van der Waals surface area contributed by atoms with Crippen LogP contribution in [0.3, 0.4) is 0 Å². The minimum atomic E-state index is -5.93. The van der Waals surface area contributed by atoms with Crippen LogP contribution in [0.1, 0.15) is 18.0 Å². The van der Waals surface area contributed by atoms with E-state index >= 15 is 0 Å². The summed E-state index contributed by atoms with van der Waals surface area (Å²) < 4.78 is 119. The standard InChI is InChI=1S/C24H17F7N2O2S/c1-36(34,35)18-7-3-5-15(11-18)14-4-2-6-17(10-14)33-21(19-9-8-16(25)12-20(19)26)13-22(32-33)23(27,28)24(29,30)31/h2-12,21H,13H2,1H3. The monoisotopic (exact) mass is 530 g/mol. The molecule has 1 unspecified atom stereocenters. The molecular formula is C24H17F7N2O2S. The first kappa shape index (κ1) is 25.7. The van der Waals surface area contributed by atoms with Crippen molar-refractivity contribution in [1.29, 1.82) is 0 Å². The van der Waals surface area contributed by atoms with E-state index in [1.54, 1.807) is 12.1 Å². The maximum atomic E-state index is 14.6. The third-order valence-corrected chi connectivity index (χ3v) is 6.77. The van der Waals surface area contributed by atoms with E-state index in [9.17, 15) is 39.2 Å². The van der Waals surface area contributed by atoms with Crippen molar-refractivity contribution in [1.82, 2.24) is 0 Å². The molecule has 3 aromatic rings. The second-order valence-electron chi connectivity index (χ2n) is 8.20. The highest BCUT2D eigenvalue weighted by Crippen LogP contribution is 2.45. The van der Waals surface area contributed by atoms with Crippen molar-refractivity contribution >= 4 is 21.2 Å². The van der Waals surface area contributed by atoms with Gasteiger partial charge in [-0.25, -0.2) is 17.2 Å². The van der Waals surface area contributed by atoms with Crippen LogP contribution < -0.4 is 5.01 Å². The number of hydrogen-bond donors (Lipinski definition) is 0. The lowest BCUT2D eigenvalue weighted by atomic mass is 9.97. The molecule has 3 aromatic carbocycles. The molecule has 0 spiro atoms. The Labute approximate surface area is 201 Å². The number of nitrogens with zero attached hydrogens (tertiary/aromatic N) is 2. The molecule has 0 N–H and O–H groups in total. The fourth-order valence-corrected chi connectivity index (χ4v) is 4.52. The van der Waals surface area contributed by atoms with Crippen molar-refractivity contribution in [2.24, 2.45) is 5.10 Å². The van der Waals surface area contributed by atoms with Gasteiger partial charge < -0.3 is 0 Å². The summed E-state index contributed by atoms with van der Waals surface area (Å²) in [7, 11) is -3.54. The molecule has 0 saturated heterocycles. The molecule has 190 valence electrons. The molecule has 0 radical (unpaired) electrons. The predicted molar refractivity (Wildman–Crippen MR) is 120 cm³/mol. The Kier molecular flexibility index (Phi) is 6.36. The van der Waals surface area contributed by atoms with E-state index < -0.39 is 51.7 Å². The molecule has 12 heteroatoms. The second kappa shape index (κ2) is 8.91. The molecule has 4 nitrogen and oxygen atoms in total. The zero-order valence-corrected chi connectivity index (χ0v) is 19.2. The van der Waals surface area contributed by atoms with Crippen LogP contribution >= 0.6 is 0 Å². The Morgan fingerprint density at radius 3 is 2.14 bits per heavy atom. The first-order valence-electron chi connectivity index (χ1n) is 10.4. The third-order valence-electron chi connectivity index (χ3n) is 5.66. The normalized spacial score (nSPS) is 16.8. The number of halogens is 7. The molecule has 0 aliphatic carbocycles. The summed E-state index contributed by atoms with van der Waals surface area (Å²) >= 11 is 0. The van der Waals surface area contributed by atoms with Crippen LogP contribution in [0.2, 0.25) is 0 Å². The quantitative estimate of drug-likeness (QED) is 0.352. The number of benzene rings is 3. The molecule has 0 bridgehead atoms. The lowest BCUT2D eigenvalue weighted by Crippen LogP contribution is -2.43. The summed E-state index contributed by atoms with van der Waals surface area (Å²) in [6.07, 6.45) is -5.88. The van der Waals surface area contributed by atoms with Gasteiger partial charge in [0, 0.05) is 24.3 Å². The maximum absolute atomic E-state index is 14.6. The van der Waals surface area contributed by atoms with Gasteiger partial charge in [0.1, 0.15) is 17.3 Å². The zero-order valence-electron chi connectivity index (χ0n) is 18.4. The van der Waals surface area contributed by atoms with Gasteiger partial charge in [-0.1, -0.05) is 30.3 Å². The van der Waals surface area contributed by atoms with Crippen LogP contribution in [0.5, 0.6) is 0 Å². The summed E-state index contributed by atoms with van der Waals surface area (Å²) in [4.78, 5) is 0.0166. The van der Waals surface area contributed by atoms with E-state index in [-0.39, 0.29) is 16.1 Å². The van der Waals surface area contributed by atoms with Crippen molar-refractivity contribution in [3.8, 4) is 11.1 Å². The summed E-state index contributed by atoms with van der Waals surface area (Å²) in [5.74, 6) is -7.36. The Morgan fingerprint density at radius 2 is 1.53 bits per heavy atom. The van der Waals surface area contributed by atoms with Gasteiger partial charge in [-0.05, 0) is 41.5 Å². The van der Waals surface area contributed by atoms with Gasteiger partial charge in [-0.2, -0.15) is 27.1 Å². The van der Waals surface area contributed by atoms with E-state index in [4.69, 9.17) is 0 Å². The van der Waals surface area contributed by atoms with Crippen LogP contribution in [-0.4, -0.2) is 32.5 Å². The van der Waals surface area contributed by atoms with E-state index in [1.807, 2.05) is 0 Å². The average Bonchev–Trinajstić information content (AvgIpc) is 3.24. The predicted octanol–water partition coefficient (Wildman–Crippen LogP) is 6.54. The van der Waals surface area contributed by atoms with Gasteiger partial charge >= 0.3 is 12.1 Å². The first-order valence-corrected chi connectivity index (χ1v) is 12.2. The molecule has 0 saturated carbocycles. The van der Waals surface area contributed by atoms with Crippen molar-refractivity contribution < 1.29 is 39.2 Å². The van der Waals surface area contributed by atoms with Crippen molar-refractivity contribution in [3.05, 3.63) is 83.9 Å². The number of alkyl halides is 5. The Morgan fingerprint density at radius 1 is 0.889 bits per heavy atom. The Balaban J connectivity index is 1.83. The number of rotatable bonds is 5. The first-order chi connectivity index (χ1) is 16.7. The number of hydrazone groups is 1. The molecule has 1 aliphatic rings. The van der Waals surface area contributed by atoms with Crippen molar-refractivity contribution in [2.45, 2.75) is 29.5 Å². The molecule has 4 rings (SSSR count). The topological polar surface area (TPSA) is 49.7 Å². The largest absolute Gasteiger partial charge is 0.459 e. The summed E-state index contributed by atoms with van der Waals surface area (Å²) in [5.41, 5.74) is -0.972. The van der Waals surface area contributed by atoms with Gasteiger partial charge in [0.25, 0.3) is 0 Å².